The summed E-state index contributed by atoms with van der Waals surface area (Å²) in [5.74, 6) is 0.0815. The Morgan fingerprint density at radius 1 is 1.50 bits per heavy atom. The first-order valence-corrected chi connectivity index (χ1v) is 5.49. The zero-order valence-corrected chi connectivity index (χ0v) is 9.15. The van der Waals surface area contributed by atoms with Crippen LogP contribution >= 0.6 is 0 Å². The van der Waals surface area contributed by atoms with Gasteiger partial charge < -0.3 is 15.7 Å². The normalized spacial score (nSPS) is 14.0. The molecule has 1 amide bonds. The molecule has 0 saturated heterocycles. The van der Waals surface area contributed by atoms with Crippen LogP contribution in [-0.2, 0) is 17.8 Å². The standard InChI is InChI=1S/C12H16N2O2/c13-5-3-12(16)14-6-4-10-7-9(8-15)1-2-11(10)14/h1-2,7,15H,3-6,8,13H2. The Kier molecular flexibility index (Phi) is 3.22. The van der Waals surface area contributed by atoms with Crippen LogP contribution in [0, 0.1) is 0 Å². The van der Waals surface area contributed by atoms with E-state index in [0.29, 0.717) is 13.0 Å². The van der Waals surface area contributed by atoms with E-state index in [2.05, 4.69) is 0 Å². The highest BCUT2D eigenvalue weighted by molar-refractivity contribution is 5.95. The highest BCUT2D eigenvalue weighted by Gasteiger charge is 2.23. The van der Waals surface area contributed by atoms with Crippen LogP contribution in [-0.4, -0.2) is 24.1 Å². The topological polar surface area (TPSA) is 66.6 Å². The Morgan fingerprint density at radius 3 is 3.00 bits per heavy atom. The van der Waals surface area contributed by atoms with E-state index in [1.807, 2.05) is 18.2 Å². The molecule has 3 N–H and O–H groups in total. The molecule has 16 heavy (non-hydrogen) atoms. The second-order valence-electron chi connectivity index (χ2n) is 3.96. The van der Waals surface area contributed by atoms with E-state index in [4.69, 9.17) is 10.8 Å². The van der Waals surface area contributed by atoms with Crippen LogP contribution in [0.25, 0.3) is 0 Å². The second-order valence-corrected chi connectivity index (χ2v) is 3.96. The minimum absolute atomic E-state index is 0.0457. The molecule has 0 fully saturated rings. The lowest BCUT2D eigenvalue weighted by atomic mass is 10.1. The van der Waals surface area contributed by atoms with Gasteiger partial charge in [0.1, 0.15) is 0 Å². The molecule has 0 spiro atoms. The smallest absolute Gasteiger partial charge is 0.228 e. The van der Waals surface area contributed by atoms with Gasteiger partial charge >= 0.3 is 0 Å². The van der Waals surface area contributed by atoms with Crippen LogP contribution in [0.2, 0.25) is 0 Å². The van der Waals surface area contributed by atoms with E-state index < -0.39 is 0 Å². The molecule has 0 aromatic heterocycles. The lowest BCUT2D eigenvalue weighted by Gasteiger charge is -2.16. The molecule has 1 aliphatic rings. The minimum Gasteiger partial charge on any atom is -0.392 e. The molecule has 0 atom stereocenters. The Balaban J connectivity index is 2.23. The summed E-state index contributed by atoms with van der Waals surface area (Å²) in [5.41, 5.74) is 8.38. The summed E-state index contributed by atoms with van der Waals surface area (Å²) in [7, 11) is 0. The number of fused-ring (bicyclic) bond motifs is 1. The first-order valence-electron chi connectivity index (χ1n) is 5.49. The molecular formula is C12H16N2O2. The van der Waals surface area contributed by atoms with Crippen molar-refractivity contribution in [1.82, 2.24) is 0 Å². The molecule has 1 aliphatic heterocycles. The Bertz CT molecular complexity index is 404. The van der Waals surface area contributed by atoms with Crippen LogP contribution in [0.1, 0.15) is 17.5 Å². The summed E-state index contributed by atoms with van der Waals surface area (Å²) in [5, 5.41) is 9.03. The van der Waals surface area contributed by atoms with Crippen LogP contribution in [0.4, 0.5) is 5.69 Å². The van der Waals surface area contributed by atoms with E-state index in [9.17, 15) is 4.79 Å². The van der Waals surface area contributed by atoms with Crippen molar-refractivity contribution in [2.45, 2.75) is 19.4 Å². The van der Waals surface area contributed by atoms with Crippen molar-refractivity contribution in [3.8, 4) is 0 Å². The number of benzene rings is 1. The Morgan fingerprint density at radius 2 is 2.31 bits per heavy atom. The third-order valence-electron chi connectivity index (χ3n) is 2.88. The number of amides is 1. The summed E-state index contributed by atoms with van der Waals surface area (Å²) >= 11 is 0. The molecule has 0 saturated carbocycles. The fraction of sp³-hybridized carbons (Fsp3) is 0.417. The summed E-state index contributed by atoms with van der Waals surface area (Å²) < 4.78 is 0. The van der Waals surface area contributed by atoms with Crippen molar-refractivity contribution < 1.29 is 9.90 Å². The van der Waals surface area contributed by atoms with E-state index in [-0.39, 0.29) is 12.5 Å². The maximum Gasteiger partial charge on any atom is 0.228 e. The third kappa shape index (κ3) is 1.94. The van der Waals surface area contributed by atoms with Crippen molar-refractivity contribution in [3.63, 3.8) is 0 Å². The van der Waals surface area contributed by atoms with Crippen molar-refractivity contribution in [2.75, 3.05) is 18.0 Å². The number of anilines is 1. The lowest BCUT2D eigenvalue weighted by molar-refractivity contribution is -0.118. The van der Waals surface area contributed by atoms with Gasteiger partial charge in [-0.2, -0.15) is 0 Å². The van der Waals surface area contributed by atoms with Gasteiger partial charge in [0, 0.05) is 25.2 Å². The molecule has 0 unspecified atom stereocenters. The van der Waals surface area contributed by atoms with Crippen LogP contribution in [0.15, 0.2) is 18.2 Å². The summed E-state index contributed by atoms with van der Waals surface area (Å²) in [6, 6.07) is 5.72. The van der Waals surface area contributed by atoms with E-state index in [1.54, 1.807) is 4.90 Å². The largest absolute Gasteiger partial charge is 0.392 e. The average Bonchev–Trinajstić information content (AvgIpc) is 2.71. The van der Waals surface area contributed by atoms with Gasteiger partial charge in [-0.05, 0) is 23.6 Å². The van der Waals surface area contributed by atoms with Gasteiger partial charge in [0.25, 0.3) is 0 Å². The molecule has 1 heterocycles. The Hall–Kier alpha value is -1.39. The van der Waals surface area contributed by atoms with Crippen molar-refractivity contribution in [2.24, 2.45) is 5.73 Å². The Labute approximate surface area is 94.7 Å². The van der Waals surface area contributed by atoms with Crippen molar-refractivity contribution in [1.29, 1.82) is 0 Å². The monoisotopic (exact) mass is 220 g/mol. The van der Waals surface area contributed by atoms with Crippen LogP contribution < -0.4 is 10.6 Å². The first-order chi connectivity index (χ1) is 7.76. The quantitative estimate of drug-likeness (QED) is 0.775. The molecule has 0 bridgehead atoms. The molecule has 2 rings (SSSR count). The fourth-order valence-corrected chi connectivity index (χ4v) is 2.07. The molecule has 86 valence electrons. The zero-order chi connectivity index (χ0) is 11.5. The first kappa shape index (κ1) is 11.1. The molecule has 4 heteroatoms. The summed E-state index contributed by atoms with van der Waals surface area (Å²) in [6.45, 7) is 1.16. The van der Waals surface area contributed by atoms with Gasteiger partial charge in [-0.3, -0.25) is 4.79 Å². The molecule has 1 aromatic rings. The molecule has 0 aliphatic carbocycles. The SMILES string of the molecule is NCCC(=O)N1CCc2cc(CO)ccc21. The maximum atomic E-state index is 11.8. The summed E-state index contributed by atoms with van der Waals surface area (Å²) in [4.78, 5) is 13.5. The molecule has 0 radical (unpaired) electrons. The molecule has 1 aromatic carbocycles. The van der Waals surface area contributed by atoms with Gasteiger partial charge in [0.2, 0.25) is 5.91 Å². The lowest BCUT2D eigenvalue weighted by Crippen LogP contribution is -2.30. The molecule has 4 nitrogen and oxygen atoms in total. The van der Waals surface area contributed by atoms with Crippen molar-refractivity contribution in [3.05, 3.63) is 29.3 Å². The highest BCUT2D eigenvalue weighted by Crippen LogP contribution is 2.29. The number of hydrogen-bond donors (Lipinski definition) is 2. The van der Waals surface area contributed by atoms with Crippen LogP contribution in [0.3, 0.4) is 0 Å². The van der Waals surface area contributed by atoms with Crippen molar-refractivity contribution >= 4 is 11.6 Å². The van der Waals surface area contributed by atoms with Gasteiger partial charge in [-0.25, -0.2) is 0 Å². The number of carbonyl (C=O) groups excluding carboxylic acids is 1. The predicted octanol–water partition coefficient (Wildman–Crippen LogP) is 0.417. The number of aliphatic hydroxyl groups excluding tert-OH is 1. The fourth-order valence-electron chi connectivity index (χ4n) is 2.07. The van der Waals surface area contributed by atoms with E-state index >= 15 is 0 Å². The number of nitrogens with two attached hydrogens (primary N) is 1. The number of hydrogen-bond acceptors (Lipinski definition) is 3. The highest BCUT2D eigenvalue weighted by atomic mass is 16.3. The summed E-state index contributed by atoms with van der Waals surface area (Å²) in [6.07, 6.45) is 1.25. The zero-order valence-electron chi connectivity index (χ0n) is 9.15. The van der Waals surface area contributed by atoms with Gasteiger partial charge in [-0.15, -0.1) is 0 Å². The third-order valence-corrected chi connectivity index (χ3v) is 2.88. The maximum absolute atomic E-state index is 11.8. The number of nitrogens with zero attached hydrogens (tertiary/aromatic N) is 1. The number of carbonyl (C=O) groups is 1. The number of rotatable bonds is 3. The average molecular weight is 220 g/mol. The van der Waals surface area contributed by atoms with Gasteiger partial charge in [0.15, 0.2) is 0 Å². The predicted molar refractivity (Wildman–Crippen MR) is 62.1 cm³/mol. The van der Waals surface area contributed by atoms with Gasteiger partial charge in [-0.1, -0.05) is 12.1 Å². The van der Waals surface area contributed by atoms with Crippen LogP contribution in [0.5, 0.6) is 0 Å². The second kappa shape index (κ2) is 4.63. The number of aliphatic hydroxyl groups is 1. The molecular weight excluding hydrogens is 204 g/mol. The minimum atomic E-state index is 0.0457. The van der Waals surface area contributed by atoms with Gasteiger partial charge in [0.05, 0.1) is 6.61 Å². The van der Waals surface area contributed by atoms with E-state index in [1.165, 1.54) is 0 Å². The van der Waals surface area contributed by atoms with E-state index in [0.717, 1.165) is 29.8 Å².